The molecule has 2 aliphatic heterocycles. The van der Waals surface area contributed by atoms with E-state index in [2.05, 4.69) is 22.5 Å². The Morgan fingerprint density at radius 1 is 1.58 bits per heavy atom. The number of amides is 1. The summed E-state index contributed by atoms with van der Waals surface area (Å²) in [5, 5.41) is 6.28. The van der Waals surface area contributed by atoms with E-state index in [4.69, 9.17) is 4.74 Å². The molecule has 0 aromatic rings. The molecule has 2 aliphatic rings. The van der Waals surface area contributed by atoms with Crippen molar-refractivity contribution in [2.45, 2.75) is 38.3 Å². The predicted molar refractivity (Wildman–Crippen MR) is 75.1 cm³/mol. The van der Waals surface area contributed by atoms with Crippen molar-refractivity contribution < 1.29 is 9.53 Å². The van der Waals surface area contributed by atoms with Crippen LogP contribution in [0.25, 0.3) is 0 Å². The van der Waals surface area contributed by atoms with Crippen LogP contribution in [0.4, 0.5) is 0 Å². The van der Waals surface area contributed by atoms with Crippen LogP contribution in [0.2, 0.25) is 0 Å². The molecule has 2 fully saturated rings. The fourth-order valence-corrected chi connectivity index (χ4v) is 3.16. The maximum absolute atomic E-state index is 11.8. The molecule has 0 radical (unpaired) electrons. The van der Waals surface area contributed by atoms with Crippen molar-refractivity contribution in [1.29, 1.82) is 0 Å². The number of nitrogens with one attached hydrogen (secondary N) is 2. The van der Waals surface area contributed by atoms with Crippen LogP contribution in [-0.2, 0) is 9.53 Å². The highest BCUT2D eigenvalue weighted by Crippen LogP contribution is 2.20. The number of morpholine rings is 1. The number of likely N-dealkylation sites (tertiary alicyclic amines) is 1. The van der Waals surface area contributed by atoms with Crippen LogP contribution < -0.4 is 10.6 Å². The van der Waals surface area contributed by atoms with Gasteiger partial charge < -0.3 is 15.4 Å². The van der Waals surface area contributed by atoms with Gasteiger partial charge >= 0.3 is 0 Å². The van der Waals surface area contributed by atoms with Crippen molar-refractivity contribution >= 4 is 5.91 Å². The van der Waals surface area contributed by atoms with E-state index in [1.165, 1.54) is 0 Å². The number of piperidine rings is 1. The monoisotopic (exact) mass is 269 g/mol. The largest absolute Gasteiger partial charge is 0.379 e. The molecule has 5 nitrogen and oxygen atoms in total. The second-order valence-corrected chi connectivity index (χ2v) is 5.76. The lowest BCUT2D eigenvalue weighted by molar-refractivity contribution is -0.126. The summed E-state index contributed by atoms with van der Waals surface area (Å²) in [4.78, 5) is 14.2. The molecule has 19 heavy (non-hydrogen) atoms. The fourth-order valence-electron chi connectivity index (χ4n) is 3.16. The second-order valence-electron chi connectivity index (χ2n) is 5.76. The lowest BCUT2D eigenvalue weighted by Gasteiger charge is -2.38. The van der Waals surface area contributed by atoms with E-state index in [0.29, 0.717) is 12.1 Å². The average molecular weight is 269 g/mol. The highest BCUT2D eigenvalue weighted by molar-refractivity contribution is 5.78. The normalized spacial score (nSPS) is 30.8. The molecule has 1 amide bonds. The van der Waals surface area contributed by atoms with Gasteiger partial charge in [0.25, 0.3) is 0 Å². The third-order valence-electron chi connectivity index (χ3n) is 4.32. The number of ether oxygens (including phenoxy) is 1. The van der Waals surface area contributed by atoms with Gasteiger partial charge in [-0.2, -0.15) is 0 Å². The molecule has 2 heterocycles. The Morgan fingerprint density at radius 3 is 3.11 bits per heavy atom. The first-order valence-corrected chi connectivity index (χ1v) is 7.47. The molecular weight excluding hydrogens is 242 g/mol. The van der Waals surface area contributed by atoms with Gasteiger partial charge in [0.1, 0.15) is 0 Å². The van der Waals surface area contributed by atoms with Crippen LogP contribution in [0.15, 0.2) is 0 Å². The number of hydrogen-bond acceptors (Lipinski definition) is 4. The van der Waals surface area contributed by atoms with Gasteiger partial charge in [-0.1, -0.05) is 0 Å². The topological polar surface area (TPSA) is 53.6 Å². The molecule has 0 bridgehead atoms. The van der Waals surface area contributed by atoms with Crippen LogP contribution in [0, 0.1) is 5.92 Å². The Labute approximate surface area is 116 Å². The third-order valence-corrected chi connectivity index (χ3v) is 4.32. The summed E-state index contributed by atoms with van der Waals surface area (Å²) < 4.78 is 5.50. The van der Waals surface area contributed by atoms with Crippen molar-refractivity contribution in [3.05, 3.63) is 0 Å². The summed E-state index contributed by atoms with van der Waals surface area (Å²) in [7, 11) is 1.73. The van der Waals surface area contributed by atoms with Crippen LogP contribution in [0.5, 0.6) is 0 Å². The van der Waals surface area contributed by atoms with E-state index in [1.54, 1.807) is 7.05 Å². The standard InChI is InChI=1S/C14H27N3O2/c1-11(8-13-10-19-7-5-16-13)17-6-3-4-12(9-17)14(18)15-2/h11-13,16H,3-10H2,1-2H3,(H,15,18). The van der Waals surface area contributed by atoms with Crippen LogP contribution in [-0.4, -0.2) is 62.8 Å². The van der Waals surface area contributed by atoms with Gasteiger partial charge in [-0.3, -0.25) is 9.69 Å². The minimum Gasteiger partial charge on any atom is -0.379 e. The highest BCUT2D eigenvalue weighted by Gasteiger charge is 2.28. The molecule has 110 valence electrons. The minimum absolute atomic E-state index is 0.164. The quantitative estimate of drug-likeness (QED) is 0.766. The molecule has 0 saturated carbocycles. The molecule has 3 atom stereocenters. The first-order chi connectivity index (χ1) is 9.20. The zero-order chi connectivity index (χ0) is 13.7. The van der Waals surface area contributed by atoms with Gasteiger partial charge in [0.2, 0.25) is 5.91 Å². The van der Waals surface area contributed by atoms with Crippen LogP contribution >= 0.6 is 0 Å². The maximum atomic E-state index is 11.8. The van der Waals surface area contributed by atoms with Gasteiger partial charge in [-0.05, 0) is 32.7 Å². The Kier molecular flexibility index (Phi) is 5.60. The lowest BCUT2D eigenvalue weighted by atomic mass is 9.94. The average Bonchev–Trinajstić information content (AvgIpc) is 2.47. The zero-order valence-electron chi connectivity index (χ0n) is 12.2. The van der Waals surface area contributed by atoms with E-state index in [1.807, 2.05) is 0 Å². The van der Waals surface area contributed by atoms with Crippen molar-refractivity contribution in [1.82, 2.24) is 15.5 Å². The van der Waals surface area contributed by atoms with Crippen molar-refractivity contribution in [2.75, 3.05) is 39.9 Å². The summed E-state index contributed by atoms with van der Waals surface area (Å²) in [6, 6.07) is 0.968. The molecule has 2 rings (SSSR count). The number of carbonyl (C=O) groups excluding carboxylic acids is 1. The Bertz CT molecular complexity index is 292. The zero-order valence-corrected chi connectivity index (χ0v) is 12.2. The summed E-state index contributed by atoms with van der Waals surface area (Å²) in [5.74, 6) is 0.354. The van der Waals surface area contributed by atoms with Gasteiger partial charge in [-0.15, -0.1) is 0 Å². The molecule has 0 aromatic carbocycles. The van der Waals surface area contributed by atoms with E-state index >= 15 is 0 Å². The van der Waals surface area contributed by atoms with Crippen molar-refractivity contribution in [3.8, 4) is 0 Å². The van der Waals surface area contributed by atoms with E-state index in [9.17, 15) is 4.79 Å². The van der Waals surface area contributed by atoms with E-state index in [0.717, 1.165) is 52.1 Å². The van der Waals surface area contributed by atoms with Gasteiger partial charge in [0, 0.05) is 32.2 Å². The molecule has 3 unspecified atom stereocenters. The van der Waals surface area contributed by atoms with E-state index in [-0.39, 0.29) is 11.8 Å². The van der Waals surface area contributed by atoms with Gasteiger partial charge in [-0.25, -0.2) is 0 Å². The highest BCUT2D eigenvalue weighted by atomic mass is 16.5. The van der Waals surface area contributed by atoms with Crippen LogP contribution in [0.3, 0.4) is 0 Å². The fraction of sp³-hybridized carbons (Fsp3) is 0.929. The predicted octanol–water partition coefficient (Wildman–Crippen LogP) is 0.211. The van der Waals surface area contributed by atoms with Crippen molar-refractivity contribution in [2.24, 2.45) is 5.92 Å². The summed E-state index contributed by atoms with van der Waals surface area (Å²) in [5.41, 5.74) is 0. The summed E-state index contributed by atoms with van der Waals surface area (Å²) in [6.07, 6.45) is 3.24. The molecule has 0 aliphatic carbocycles. The first-order valence-electron chi connectivity index (χ1n) is 7.47. The van der Waals surface area contributed by atoms with Gasteiger partial charge in [0.15, 0.2) is 0 Å². The third kappa shape index (κ3) is 4.16. The summed E-state index contributed by atoms with van der Waals surface area (Å²) >= 11 is 0. The number of rotatable bonds is 4. The SMILES string of the molecule is CNC(=O)C1CCCN(C(C)CC2COCCN2)C1. The Balaban J connectivity index is 1.80. The molecule has 0 aromatic heterocycles. The Morgan fingerprint density at radius 2 is 2.42 bits per heavy atom. The van der Waals surface area contributed by atoms with E-state index < -0.39 is 0 Å². The minimum atomic E-state index is 0.164. The molecule has 0 spiro atoms. The summed E-state index contributed by atoms with van der Waals surface area (Å²) in [6.45, 7) is 6.88. The number of nitrogens with zero attached hydrogens (tertiary/aromatic N) is 1. The van der Waals surface area contributed by atoms with Gasteiger partial charge in [0.05, 0.1) is 19.1 Å². The molecule has 2 N–H and O–H groups in total. The molecule has 2 saturated heterocycles. The number of hydrogen-bond donors (Lipinski definition) is 2. The maximum Gasteiger partial charge on any atom is 0.224 e. The second kappa shape index (κ2) is 7.22. The smallest absolute Gasteiger partial charge is 0.224 e. The molecular formula is C14H27N3O2. The lowest BCUT2D eigenvalue weighted by Crippen LogP contribution is -2.49. The Hall–Kier alpha value is -0.650. The number of carbonyl (C=O) groups is 1. The molecule has 5 heteroatoms. The van der Waals surface area contributed by atoms with Crippen LogP contribution in [0.1, 0.15) is 26.2 Å². The van der Waals surface area contributed by atoms with Crippen molar-refractivity contribution in [3.63, 3.8) is 0 Å². The first kappa shape index (κ1) is 14.8.